The van der Waals surface area contributed by atoms with Crippen molar-refractivity contribution in [2.24, 2.45) is 0 Å². The van der Waals surface area contributed by atoms with Crippen LogP contribution in [0.15, 0.2) is 30.3 Å². The number of methoxy groups -OCH3 is 1. The van der Waals surface area contributed by atoms with Gasteiger partial charge < -0.3 is 10.1 Å². The van der Waals surface area contributed by atoms with Crippen molar-refractivity contribution in [3.05, 3.63) is 35.9 Å². The van der Waals surface area contributed by atoms with E-state index in [1.165, 1.54) is 5.56 Å². The van der Waals surface area contributed by atoms with Crippen LogP contribution in [0, 0.1) is 0 Å². The van der Waals surface area contributed by atoms with E-state index >= 15 is 0 Å². The molecule has 1 N–H and O–H groups in total. The summed E-state index contributed by atoms with van der Waals surface area (Å²) in [6.07, 6.45) is 2.24. The summed E-state index contributed by atoms with van der Waals surface area (Å²) in [4.78, 5) is 0. The highest BCUT2D eigenvalue weighted by Gasteiger charge is 2.29. The molecule has 0 radical (unpaired) electrons. The smallest absolute Gasteiger partial charge is 0.0462 e. The molecule has 0 fully saturated rings. The van der Waals surface area contributed by atoms with Gasteiger partial charge in [-0.1, -0.05) is 51.1 Å². The molecule has 2 heteroatoms. The first-order valence-corrected chi connectivity index (χ1v) is 6.90. The van der Waals surface area contributed by atoms with E-state index in [2.05, 4.69) is 56.4 Å². The molecule has 1 unspecified atom stereocenters. The Bertz CT molecular complexity index is 321. The average Bonchev–Trinajstić information content (AvgIpc) is 2.39. The van der Waals surface area contributed by atoms with Crippen molar-refractivity contribution in [2.75, 3.05) is 20.3 Å². The summed E-state index contributed by atoms with van der Waals surface area (Å²) >= 11 is 0. The number of hydrogen-bond acceptors (Lipinski definition) is 2. The second-order valence-corrected chi connectivity index (χ2v) is 5.33. The predicted molar refractivity (Wildman–Crippen MR) is 78.0 cm³/mol. The number of nitrogens with one attached hydrogen (secondary N) is 1. The van der Waals surface area contributed by atoms with Crippen LogP contribution in [0.1, 0.15) is 39.2 Å². The highest BCUT2D eigenvalue weighted by atomic mass is 16.5. The van der Waals surface area contributed by atoms with Crippen LogP contribution in [-0.4, -0.2) is 26.3 Å². The Hall–Kier alpha value is -0.860. The lowest BCUT2D eigenvalue weighted by molar-refractivity contribution is 0.182. The van der Waals surface area contributed by atoms with Gasteiger partial charge in [-0.2, -0.15) is 0 Å². The van der Waals surface area contributed by atoms with Crippen molar-refractivity contribution in [1.82, 2.24) is 5.32 Å². The molecule has 0 aromatic heterocycles. The second kappa shape index (κ2) is 7.55. The molecular weight excluding hydrogens is 222 g/mol. The third-order valence-electron chi connectivity index (χ3n) is 3.68. The van der Waals surface area contributed by atoms with Gasteiger partial charge in [0.2, 0.25) is 0 Å². The highest BCUT2D eigenvalue weighted by molar-refractivity contribution is 5.25. The van der Waals surface area contributed by atoms with E-state index < -0.39 is 0 Å². The zero-order chi connectivity index (χ0) is 13.4. The maximum absolute atomic E-state index is 5.16. The Morgan fingerprint density at radius 3 is 2.44 bits per heavy atom. The number of rotatable bonds is 8. The summed E-state index contributed by atoms with van der Waals surface area (Å²) in [5.41, 5.74) is 1.54. The van der Waals surface area contributed by atoms with Crippen molar-refractivity contribution in [3.8, 4) is 0 Å². The lowest BCUT2D eigenvalue weighted by atomic mass is 9.76. The number of hydrogen-bond donors (Lipinski definition) is 1. The molecule has 1 atom stereocenters. The Kier molecular flexibility index (Phi) is 6.37. The van der Waals surface area contributed by atoms with Gasteiger partial charge in [-0.3, -0.25) is 0 Å². The van der Waals surface area contributed by atoms with E-state index in [0.29, 0.717) is 6.04 Å². The van der Waals surface area contributed by atoms with Crippen LogP contribution in [0.4, 0.5) is 0 Å². The minimum Gasteiger partial charge on any atom is -0.385 e. The normalized spacial score (nSPS) is 13.6. The molecule has 102 valence electrons. The van der Waals surface area contributed by atoms with Gasteiger partial charge in [-0.15, -0.1) is 0 Å². The molecule has 18 heavy (non-hydrogen) atoms. The van der Waals surface area contributed by atoms with Crippen LogP contribution >= 0.6 is 0 Å². The van der Waals surface area contributed by atoms with E-state index in [1.807, 2.05) is 0 Å². The zero-order valence-corrected chi connectivity index (χ0v) is 12.2. The van der Waals surface area contributed by atoms with Gasteiger partial charge in [0, 0.05) is 25.2 Å². The first-order valence-electron chi connectivity index (χ1n) is 6.90. The molecule has 1 rings (SSSR count). The van der Waals surface area contributed by atoms with E-state index in [1.54, 1.807) is 7.11 Å². The molecule has 0 aliphatic heterocycles. The first-order chi connectivity index (χ1) is 8.62. The van der Waals surface area contributed by atoms with E-state index in [-0.39, 0.29) is 5.41 Å². The van der Waals surface area contributed by atoms with Crippen molar-refractivity contribution >= 4 is 0 Å². The van der Waals surface area contributed by atoms with Crippen LogP contribution in [0.3, 0.4) is 0 Å². The number of likely N-dealkylation sites (N-methyl/N-ethyl adjacent to an activating group) is 1. The molecule has 0 bridgehead atoms. The van der Waals surface area contributed by atoms with E-state index in [4.69, 9.17) is 4.74 Å². The summed E-state index contributed by atoms with van der Waals surface area (Å²) in [6, 6.07) is 11.2. The molecule has 2 nitrogen and oxygen atoms in total. The minimum absolute atomic E-state index is 0.144. The largest absolute Gasteiger partial charge is 0.385 e. The minimum atomic E-state index is 0.144. The summed E-state index contributed by atoms with van der Waals surface area (Å²) in [7, 11) is 1.77. The molecule has 0 aliphatic rings. The summed E-state index contributed by atoms with van der Waals surface area (Å²) in [5.74, 6) is 0. The molecule has 0 heterocycles. The Morgan fingerprint density at radius 2 is 1.89 bits per heavy atom. The maximum Gasteiger partial charge on any atom is 0.0462 e. The van der Waals surface area contributed by atoms with Gasteiger partial charge >= 0.3 is 0 Å². The molecule has 0 saturated carbocycles. The fourth-order valence-electron chi connectivity index (χ4n) is 2.47. The van der Waals surface area contributed by atoms with Gasteiger partial charge in [-0.05, 0) is 24.9 Å². The first kappa shape index (κ1) is 15.2. The summed E-state index contributed by atoms with van der Waals surface area (Å²) in [5, 5.41) is 3.62. The molecule has 0 amide bonds. The number of ether oxygens (including phenoxy) is 1. The van der Waals surface area contributed by atoms with Crippen LogP contribution in [0.2, 0.25) is 0 Å². The third-order valence-corrected chi connectivity index (χ3v) is 3.68. The summed E-state index contributed by atoms with van der Waals surface area (Å²) in [6.45, 7) is 8.66. The lowest BCUT2D eigenvalue weighted by Gasteiger charge is -2.35. The van der Waals surface area contributed by atoms with Crippen molar-refractivity contribution < 1.29 is 4.74 Å². The molecular formula is C16H27NO. The Morgan fingerprint density at radius 1 is 1.22 bits per heavy atom. The second-order valence-electron chi connectivity index (χ2n) is 5.33. The average molecular weight is 249 g/mol. The van der Waals surface area contributed by atoms with Gasteiger partial charge in [0.1, 0.15) is 0 Å². The quantitative estimate of drug-likeness (QED) is 0.713. The Balaban J connectivity index is 2.76. The molecule has 1 aromatic carbocycles. The van der Waals surface area contributed by atoms with Gasteiger partial charge in [0.05, 0.1) is 0 Å². The fraction of sp³-hybridized carbons (Fsp3) is 0.625. The van der Waals surface area contributed by atoms with E-state index in [0.717, 1.165) is 26.0 Å². The molecule has 0 saturated heterocycles. The fourth-order valence-corrected chi connectivity index (χ4v) is 2.47. The Labute approximate surface area is 112 Å². The molecule has 0 spiro atoms. The maximum atomic E-state index is 5.16. The van der Waals surface area contributed by atoms with Gasteiger partial charge in [-0.25, -0.2) is 0 Å². The van der Waals surface area contributed by atoms with Gasteiger partial charge in [0.15, 0.2) is 0 Å². The van der Waals surface area contributed by atoms with Crippen molar-refractivity contribution in [2.45, 2.75) is 45.1 Å². The summed E-state index contributed by atoms with van der Waals surface area (Å²) < 4.78 is 5.16. The highest BCUT2D eigenvalue weighted by Crippen LogP contribution is 2.29. The van der Waals surface area contributed by atoms with Crippen LogP contribution in [-0.2, 0) is 10.2 Å². The van der Waals surface area contributed by atoms with Crippen molar-refractivity contribution in [3.63, 3.8) is 0 Å². The standard InChI is InChI=1S/C16H27NO/c1-5-17-15(12-9-13-18-4)16(2,3)14-10-7-6-8-11-14/h6-8,10-11,15,17H,5,9,12-13H2,1-4H3. The lowest BCUT2D eigenvalue weighted by Crippen LogP contribution is -2.44. The molecule has 0 aliphatic carbocycles. The van der Waals surface area contributed by atoms with E-state index in [9.17, 15) is 0 Å². The third kappa shape index (κ3) is 4.11. The van der Waals surface area contributed by atoms with Crippen molar-refractivity contribution in [1.29, 1.82) is 0 Å². The van der Waals surface area contributed by atoms with Gasteiger partial charge in [0.25, 0.3) is 0 Å². The SMILES string of the molecule is CCNC(CCCOC)C(C)(C)c1ccccc1. The van der Waals surface area contributed by atoms with Crippen LogP contribution < -0.4 is 5.32 Å². The molecule has 1 aromatic rings. The number of benzene rings is 1. The van der Waals surface area contributed by atoms with Crippen LogP contribution in [0.25, 0.3) is 0 Å². The zero-order valence-electron chi connectivity index (χ0n) is 12.2. The van der Waals surface area contributed by atoms with Crippen LogP contribution in [0.5, 0.6) is 0 Å². The predicted octanol–water partition coefficient (Wildman–Crippen LogP) is 3.37. The topological polar surface area (TPSA) is 21.3 Å². The monoisotopic (exact) mass is 249 g/mol.